The van der Waals surface area contributed by atoms with Crippen LogP contribution in [0.15, 0.2) is 24.3 Å². The first kappa shape index (κ1) is 19.8. The van der Waals surface area contributed by atoms with E-state index in [-0.39, 0.29) is 24.3 Å². The summed E-state index contributed by atoms with van der Waals surface area (Å²) in [6.07, 6.45) is 8.23. The molecule has 1 aromatic carbocycles. The minimum absolute atomic E-state index is 0.0217. The van der Waals surface area contributed by atoms with Gasteiger partial charge in [0.2, 0.25) is 0 Å². The summed E-state index contributed by atoms with van der Waals surface area (Å²) >= 11 is 5.94. The van der Waals surface area contributed by atoms with Crippen LogP contribution in [0.5, 0.6) is 0 Å². The fourth-order valence-electron chi connectivity index (χ4n) is 3.40. The third-order valence-corrected chi connectivity index (χ3v) is 4.98. The summed E-state index contributed by atoms with van der Waals surface area (Å²) in [5, 5.41) is 0.612. The number of halogens is 1. The summed E-state index contributed by atoms with van der Waals surface area (Å²) < 4.78 is 5.03. The van der Waals surface area contributed by atoms with E-state index >= 15 is 0 Å². The largest absolute Gasteiger partial charge is 0.466 e. The van der Waals surface area contributed by atoms with Crippen molar-refractivity contribution in [3.8, 4) is 0 Å². The lowest BCUT2D eigenvalue weighted by molar-refractivity contribution is -0.143. The lowest BCUT2D eigenvalue weighted by atomic mass is 9.95. The molecule has 25 heavy (non-hydrogen) atoms. The summed E-state index contributed by atoms with van der Waals surface area (Å²) in [6.45, 7) is 2.57. The molecule has 0 atom stereocenters. The lowest BCUT2D eigenvalue weighted by Gasteiger charge is -2.33. The van der Waals surface area contributed by atoms with Crippen LogP contribution in [0.25, 0.3) is 0 Å². The Bertz CT molecular complexity index is 551. The summed E-state index contributed by atoms with van der Waals surface area (Å²) in [4.78, 5) is 26.7. The van der Waals surface area contributed by atoms with Crippen molar-refractivity contribution in [3.05, 3.63) is 34.9 Å². The first-order valence-electron chi connectivity index (χ1n) is 9.34. The van der Waals surface area contributed by atoms with Gasteiger partial charge in [-0.25, -0.2) is 0 Å². The van der Waals surface area contributed by atoms with Crippen molar-refractivity contribution in [2.24, 2.45) is 0 Å². The van der Waals surface area contributed by atoms with E-state index in [2.05, 4.69) is 0 Å². The average Bonchev–Trinajstić information content (AvgIpc) is 2.57. The van der Waals surface area contributed by atoms with Gasteiger partial charge in [0.25, 0.3) is 5.91 Å². The Morgan fingerprint density at radius 3 is 2.28 bits per heavy atom. The second-order valence-electron chi connectivity index (χ2n) is 6.56. The van der Waals surface area contributed by atoms with Gasteiger partial charge in [-0.1, -0.05) is 43.7 Å². The first-order chi connectivity index (χ1) is 12.1. The van der Waals surface area contributed by atoms with Gasteiger partial charge in [0.15, 0.2) is 0 Å². The predicted molar refractivity (Wildman–Crippen MR) is 99.8 cm³/mol. The summed E-state index contributed by atoms with van der Waals surface area (Å²) in [6, 6.07) is 7.17. The first-order valence-corrected chi connectivity index (χ1v) is 9.71. The number of hydrogen-bond acceptors (Lipinski definition) is 3. The van der Waals surface area contributed by atoms with Gasteiger partial charge in [0.1, 0.15) is 0 Å². The van der Waals surface area contributed by atoms with Gasteiger partial charge in [0.05, 0.1) is 13.0 Å². The van der Waals surface area contributed by atoms with Gasteiger partial charge in [0, 0.05) is 23.2 Å². The molecule has 4 nitrogen and oxygen atoms in total. The molecule has 1 aliphatic carbocycles. The average molecular weight is 366 g/mol. The standard InChI is InChI=1S/C20H28ClNO3/c1-2-25-19(23)14-15-22(18-8-6-4-3-5-7-9-18)20(24)16-10-12-17(21)13-11-16/h10-13,18H,2-9,14-15H2,1H3. The minimum atomic E-state index is -0.248. The van der Waals surface area contributed by atoms with E-state index < -0.39 is 0 Å². The number of hydrogen-bond donors (Lipinski definition) is 0. The van der Waals surface area contributed by atoms with Crippen molar-refractivity contribution in [2.75, 3.05) is 13.2 Å². The topological polar surface area (TPSA) is 46.6 Å². The normalized spacial score (nSPS) is 15.9. The van der Waals surface area contributed by atoms with E-state index in [9.17, 15) is 9.59 Å². The molecule has 1 aliphatic rings. The van der Waals surface area contributed by atoms with Crippen molar-refractivity contribution in [3.63, 3.8) is 0 Å². The number of carbonyl (C=O) groups excluding carboxylic acids is 2. The molecule has 1 aromatic rings. The zero-order valence-electron chi connectivity index (χ0n) is 15.0. The van der Waals surface area contributed by atoms with Crippen LogP contribution in [0.3, 0.4) is 0 Å². The Balaban J connectivity index is 2.12. The third kappa shape index (κ3) is 6.35. The van der Waals surface area contributed by atoms with E-state index in [0.717, 1.165) is 25.7 Å². The number of esters is 1. The Morgan fingerprint density at radius 2 is 1.68 bits per heavy atom. The molecule has 1 saturated carbocycles. The summed E-state index contributed by atoms with van der Waals surface area (Å²) in [7, 11) is 0. The number of rotatable bonds is 6. The van der Waals surface area contributed by atoms with E-state index in [1.807, 2.05) is 4.90 Å². The monoisotopic (exact) mass is 365 g/mol. The second-order valence-corrected chi connectivity index (χ2v) is 7.00. The molecule has 138 valence electrons. The molecule has 5 heteroatoms. The van der Waals surface area contributed by atoms with Crippen molar-refractivity contribution >= 4 is 23.5 Å². The van der Waals surface area contributed by atoms with Crippen LogP contribution in [0.1, 0.15) is 68.6 Å². The molecule has 0 radical (unpaired) electrons. The molecule has 1 amide bonds. The molecule has 0 saturated heterocycles. The smallest absolute Gasteiger partial charge is 0.307 e. The van der Waals surface area contributed by atoms with Crippen molar-refractivity contribution in [2.45, 2.75) is 64.3 Å². The summed E-state index contributed by atoms with van der Waals surface area (Å²) in [5.41, 5.74) is 0.621. The van der Waals surface area contributed by atoms with Crippen LogP contribution in [0.2, 0.25) is 5.02 Å². The third-order valence-electron chi connectivity index (χ3n) is 4.73. The predicted octanol–water partition coefficient (Wildman–Crippen LogP) is 4.85. The van der Waals surface area contributed by atoms with Crippen molar-refractivity contribution in [1.82, 2.24) is 4.90 Å². The van der Waals surface area contributed by atoms with E-state index in [1.165, 1.54) is 19.3 Å². The molecule has 0 bridgehead atoms. The van der Waals surface area contributed by atoms with E-state index in [4.69, 9.17) is 16.3 Å². The molecule has 0 unspecified atom stereocenters. The molecule has 2 rings (SSSR count). The van der Waals surface area contributed by atoms with Gasteiger partial charge >= 0.3 is 5.97 Å². The molecular formula is C20H28ClNO3. The molecular weight excluding hydrogens is 338 g/mol. The van der Waals surface area contributed by atoms with Gasteiger partial charge < -0.3 is 9.64 Å². The zero-order chi connectivity index (χ0) is 18.1. The van der Waals surface area contributed by atoms with Crippen LogP contribution in [0, 0.1) is 0 Å². The maximum absolute atomic E-state index is 13.1. The van der Waals surface area contributed by atoms with E-state index in [0.29, 0.717) is 23.7 Å². The Labute approximate surface area is 155 Å². The number of carbonyl (C=O) groups is 2. The van der Waals surface area contributed by atoms with Crippen LogP contribution in [-0.2, 0) is 9.53 Å². The number of nitrogens with zero attached hydrogens (tertiary/aromatic N) is 1. The minimum Gasteiger partial charge on any atom is -0.466 e. The Morgan fingerprint density at radius 1 is 1.08 bits per heavy atom. The molecule has 0 N–H and O–H groups in total. The highest BCUT2D eigenvalue weighted by molar-refractivity contribution is 6.30. The maximum Gasteiger partial charge on any atom is 0.307 e. The Kier molecular flexibility index (Phi) is 8.26. The Hall–Kier alpha value is -1.55. The quantitative estimate of drug-likeness (QED) is 0.677. The van der Waals surface area contributed by atoms with Crippen molar-refractivity contribution in [1.29, 1.82) is 0 Å². The van der Waals surface area contributed by atoms with Crippen LogP contribution in [0.4, 0.5) is 0 Å². The second kappa shape index (κ2) is 10.4. The lowest BCUT2D eigenvalue weighted by Crippen LogP contribution is -2.42. The van der Waals surface area contributed by atoms with Crippen molar-refractivity contribution < 1.29 is 14.3 Å². The van der Waals surface area contributed by atoms with Gasteiger partial charge in [-0.15, -0.1) is 0 Å². The van der Waals surface area contributed by atoms with Crippen LogP contribution < -0.4 is 0 Å². The molecule has 0 spiro atoms. The van der Waals surface area contributed by atoms with Crippen LogP contribution >= 0.6 is 11.6 Å². The highest BCUT2D eigenvalue weighted by Gasteiger charge is 2.25. The molecule has 0 aliphatic heterocycles. The number of ether oxygens (including phenoxy) is 1. The maximum atomic E-state index is 13.1. The van der Waals surface area contributed by atoms with Gasteiger partial charge in [-0.05, 0) is 44.0 Å². The van der Waals surface area contributed by atoms with Gasteiger partial charge in [-0.3, -0.25) is 9.59 Å². The zero-order valence-corrected chi connectivity index (χ0v) is 15.8. The van der Waals surface area contributed by atoms with Crippen LogP contribution in [-0.4, -0.2) is 36.0 Å². The fraction of sp³-hybridized carbons (Fsp3) is 0.600. The molecule has 0 heterocycles. The molecule has 1 fully saturated rings. The SMILES string of the molecule is CCOC(=O)CCN(C(=O)c1ccc(Cl)cc1)C1CCCCCCC1. The number of amides is 1. The number of benzene rings is 1. The van der Waals surface area contributed by atoms with Gasteiger partial charge in [-0.2, -0.15) is 0 Å². The summed E-state index contributed by atoms with van der Waals surface area (Å²) in [5.74, 6) is -0.270. The fourth-order valence-corrected chi connectivity index (χ4v) is 3.53. The molecule has 0 aromatic heterocycles. The highest BCUT2D eigenvalue weighted by atomic mass is 35.5. The van der Waals surface area contributed by atoms with E-state index in [1.54, 1.807) is 31.2 Å². The highest BCUT2D eigenvalue weighted by Crippen LogP contribution is 2.24.